The molecule has 0 spiro atoms. The minimum absolute atomic E-state index is 0.172. The van der Waals surface area contributed by atoms with Crippen LogP contribution in [-0.2, 0) is 11.3 Å². The highest BCUT2D eigenvalue weighted by molar-refractivity contribution is 5.85. The van der Waals surface area contributed by atoms with Gasteiger partial charge < -0.3 is 5.11 Å². The Kier molecular flexibility index (Phi) is 2.66. The fourth-order valence-electron chi connectivity index (χ4n) is 0.838. The summed E-state index contributed by atoms with van der Waals surface area (Å²) < 4.78 is 0.888. The van der Waals surface area contributed by atoms with E-state index in [1.807, 2.05) is 0 Å². The van der Waals surface area contributed by atoms with Gasteiger partial charge in [0.15, 0.2) is 0 Å². The van der Waals surface area contributed by atoms with Crippen molar-refractivity contribution in [2.45, 2.75) is 6.54 Å². The summed E-state index contributed by atoms with van der Waals surface area (Å²) in [5, 5.41) is 10.7. The molecule has 6 heteroatoms. The first-order chi connectivity index (χ1) is 6.50. The molecule has 6 nitrogen and oxygen atoms in total. The molecule has 1 rings (SSSR count). The summed E-state index contributed by atoms with van der Waals surface area (Å²) in [5.41, 5.74) is -1.12. The van der Waals surface area contributed by atoms with Gasteiger partial charge in [-0.3, -0.25) is 14.7 Å². The average Bonchev–Trinajstić information content (AvgIpc) is 2.11. The van der Waals surface area contributed by atoms with Crippen molar-refractivity contribution in [3.8, 4) is 0 Å². The number of aromatic amines is 1. The molecule has 74 valence electrons. The van der Waals surface area contributed by atoms with Gasteiger partial charge in [-0.15, -0.1) is 0 Å². The van der Waals surface area contributed by atoms with Gasteiger partial charge in [-0.25, -0.2) is 9.48 Å². The number of aliphatic carboxylic acids is 1. The number of nitrogens with one attached hydrogen (secondary N) is 1. The number of hydrogen-bond donors (Lipinski definition) is 2. The van der Waals surface area contributed by atoms with E-state index < -0.39 is 17.1 Å². The number of H-pyrrole nitrogens is 1. The lowest BCUT2D eigenvalue weighted by atomic mass is 10.3. The van der Waals surface area contributed by atoms with Crippen LogP contribution in [0, 0.1) is 0 Å². The van der Waals surface area contributed by atoms with Gasteiger partial charge in [-0.2, -0.15) is 0 Å². The molecule has 0 aliphatic rings. The Morgan fingerprint density at radius 2 is 2.14 bits per heavy atom. The first-order valence-corrected chi connectivity index (χ1v) is 3.72. The molecular weight excluding hydrogens is 188 g/mol. The Hall–Kier alpha value is -2.11. The lowest BCUT2D eigenvalue weighted by molar-refractivity contribution is -0.132. The van der Waals surface area contributed by atoms with Gasteiger partial charge in [0.25, 0.3) is 11.1 Å². The summed E-state index contributed by atoms with van der Waals surface area (Å²) in [6, 6.07) is 2.14. The van der Waals surface area contributed by atoms with Crippen LogP contribution in [0.25, 0.3) is 0 Å². The normalized spacial score (nSPS) is 9.71. The van der Waals surface area contributed by atoms with E-state index in [0.29, 0.717) is 0 Å². The van der Waals surface area contributed by atoms with E-state index in [2.05, 4.69) is 11.7 Å². The molecule has 2 N–H and O–H groups in total. The van der Waals surface area contributed by atoms with Gasteiger partial charge in [-0.05, 0) is 0 Å². The van der Waals surface area contributed by atoms with Crippen LogP contribution < -0.4 is 11.1 Å². The third kappa shape index (κ3) is 2.19. The van der Waals surface area contributed by atoms with E-state index in [0.717, 1.165) is 16.8 Å². The van der Waals surface area contributed by atoms with Crippen LogP contribution in [-0.4, -0.2) is 20.9 Å². The molecule has 0 saturated heterocycles. The monoisotopic (exact) mass is 196 g/mol. The topological polar surface area (TPSA) is 92.2 Å². The van der Waals surface area contributed by atoms with E-state index in [1.54, 1.807) is 0 Å². The number of carboxylic acids is 1. The second kappa shape index (κ2) is 3.73. The minimum atomic E-state index is -1.21. The van der Waals surface area contributed by atoms with E-state index in [1.165, 1.54) is 0 Å². The number of carbonyl (C=O) groups is 1. The maximum absolute atomic E-state index is 11.1. The van der Waals surface area contributed by atoms with Gasteiger partial charge in [0.05, 0.1) is 12.1 Å². The molecule has 14 heavy (non-hydrogen) atoms. The predicted octanol–water partition coefficient (Wildman–Crippen LogP) is -0.823. The van der Waals surface area contributed by atoms with Crippen molar-refractivity contribution in [2.75, 3.05) is 0 Å². The van der Waals surface area contributed by atoms with E-state index in [9.17, 15) is 14.4 Å². The number of carboxylic acid groups (broad SMARTS) is 1. The van der Waals surface area contributed by atoms with Crippen molar-refractivity contribution in [1.82, 2.24) is 9.78 Å². The predicted molar refractivity (Wildman–Crippen MR) is 48.1 cm³/mol. The smallest absolute Gasteiger partial charge is 0.332 e. The van der Waals surface area contributed by atoms with Crippen LogP contribution in [0.15, 0.2) is 33.9 Å². The van der Waals surface area contributed by atoms with Crippen LogP contribution in [0.5, 0.6) is 0 Å². The van der Waals surface area contributed by atoms with Gasteiger partial charge >= 0.3 is 5.97 Å². The molecule has 0 aliphatic heterocycles. The number of rotatable bonds is 3. The molecule has 0 bridgehead atoms. The fourth-order valence-corrected chi connectivity index (χ4v) is 0.838. The largest absolute Gasteiger partial charge is 0.478 e. The molecule has 0 aromatic carbocycles. The van der Waals surface area contributed by atoms with Crippen molar-refractivity contribution in [1.29, 1.82) is 0 Å². The zero-order valence-electron chi connectivity index (χ0n) is 7.19. The van der Waals surface area contributed by atoms with Crippen molar-refractivity contribution >= 4 is 5.97 Å². The Balaban J connectivity index is 3.03. The summed E-state index contributed by atoms with van der Waals surface area (Å²) in [4.78, 5) is 32.3. The summed E-state index contributed by atoms with van der Waals surface area (Å²) in [7, 11) is 0. The highest BCUT2D eigenvalue weighted by Crippen LogP contribution is 1.91. The third-order valence-corrected chi connectivity index (χ3v) is 1.54. The summed E-state index contributed by atoms with van der Waals surface area (Å²) in [6.07, 6.45) is 0. The second-order valence-electron chi connectivity index (χ2n) is 2.64. The minimum Gasteiger partial charge on any atom is -0.478 e. The Morgan fingerprint density at radius 1 is 1.50 bits per heavy atom. The summed E-state index contributed by atoms with van der Waals surface area (Å²) in [5.74, 6) is -1.21. The zero-order valence-corrected chi connectivity index (χ0v) is 7.19. The van der Waals surface area contributed by atoms with Gasteiger partial charge in [-0.1, -0.05) is 6.58 Å². The maximum atomic E-state index is 11.1. The van der Waals surface area contributed by atoms with Crippen molar-refractivity contribution in [3.05, 3.63) is 45.0 Å². The van der Waals surface area contributed by atoms with Gasteiger partial charge in [0.1, 0.15) is 0 Å². The SMILES string of the molecule is C=C(Cn1[nH]c(=O)ccc1=O)C(=O)O. The van der Waals surface area contributed by atoms with Crippen molar-refractivity contribution < 1.29 is 9.90 Å². The Labute approximate surface area is 78.1 Å². The highest BCUT2D eigenvalue weighted by Gasteiger charge is 2.05. The molecule has 1 aromatic rings. The standard InChI is InChI=1S/C8H8N2O4/c1-5(8(13)14)4-10-7(12)3-2-6(11)9-10/h2-3H,1,4H2,(H,9,11)(H,13,14). The first kappa shape index (κ1) is 9.97. The quantitative estimate of drug-likeness (QED) is 0.617. The molecule has 0 amide bonds. The molecule has 0 aliphatic carbocycles. The van der Waals surface area contributed by atoms with E-state index in [4.69, 9.17) is 5.11 Å². The number of hydrogen-bond acceptors (Lipinski definition) is 3. The average molecular weight is 196 g/mol. The van der Waals surface area contributed by atoms with Crippen LogP contribution in [0.3, 0.4) is 0 Å². The van der Waals surface area contributed by atoms with E-state index in [-0.39, 0.29) is 12.1 Å². The second-order valence-corrected chi connectivity index (χ2v) is 2.64. The molecule has 0 atom stereocenters. The molecule has 0 unspecified atom stereocenters. The van der Waals surface area contributed by atoms with Crippen LogP contribution in [0.4, 0.5) is 0 Å². The van der Waals surface area contributed by atoms with Crippen LogP contribution >= 0.6 is 0 Å². The zero-order chi connectivity index (χ0) is 10.7. The number of aromatic nitrogens is 2. The third-order valence-electron chi connectivity index (χ3n) is 1.54. The van der Waals surface area contributed by atoms with Gasteiger partial charge in [0.2, 0.25) is 0 Å². The summed E-state index contributed by atoms with van der Waals surface area (Å²) in [6.45, 7) is 3.01. The van der Waals surface area contributed by atoms with Crippen molar-refractivity contribution in [3.63, 3.8) is 0 Å². The fraction of sp³-hybridized carbons (Fsp3) is 0.125. The van der Waals surface area contributed by atoms with Crippen molar-refractivity contribution in [2.24, 2.45) is 0 Å². The first-order valence-electron chi connectivity index (χ1n) is 3.72. The number of nitrogens with zero attached hydrogens (tertiary/aromatic N) is 1. The summed E-state index contributed by atoms with van der Waals surface area (Å²) >= 11 is 0. The Morgan fingerprint density at radius 3 is 2.71 bits per heavy atom. The van der Waals surface area contributed by atoms with E-state index >= 15 is 0 Å². The molecule has 0 radical (unpaired) electrons. The van der Waals surface area contributed by atoms with Crippen LogP contribution in [0.1, 0.15) is 0 Å². The molecular formula is C8H8N2O4. The lowest BCUT2D eigenvalue weighted by Crippen LogP contribution is -2.29. The molecule has 0 saturated carbocycles. The molecule has 1 aromatic heterocycles. The lowest BCUT2D eigenvalue weighted by Gasteiger charge is -2.03. The highest BCUT2D eigenvalue weighted by atomic mass is 16.4. The van der Waals surface area contributed by atoms with Gasteiger partial charge in [0, 0.05) is 12.1 Å². The van der Waals surface area contributed by atoms with Crippen LogP contribution in [0.2, 0.25) is 0 Å². The Bertz CT molecular complexity index is 483. The molecule has 1 heterocycles. The molecule has 0 fully saturated rings. The maximum Gasteiger partial charge on any atom is 0.332 e.